The Bertz CT molecular complexity index is 1590. The number of nitrogens with zero attached hydrogens (tertiary/aromatic N) is 4. The molecule has 44 heavy (non-hydrogen) atoms. The van der Waals surface area contributed by atoms with Crippen molar-refractivity contribution in [2.75, 3.05) is 32.8 Å². The minimum Gasteiger partial charge on any atom is -0.481 e. The van der Waals surface area contributed by atoms with Crippen LogP contribution in [-0.4, -0.2) is 96.0 Å². The number of hydrogen-bond donors (Lipinski definition) is 2. The van der Waals surface area contributed by atoms with Crippen molar-refractivity contribution < 1.29 is 37.4 Å². The van der Waals surface area contributed by atoms with Crippen molar-refractivity contribution in [3.63, 3.8) is 0 Å². The van der Waals surface area contributed by atoms with Crippen LogP contribution in [0, 0.1) is 0 Å². The van der Waals surface area contributed by atoms with Crippen LogP contribution in [0.15, 0.2) is 71.6 Å². The van der Waals surface area contributed by atoms with Gasteiger partial charge in [0, 0.05) is 38.2 Å². The van der Waals surface area contributed by atoms with Crippen LogP contribution in [0.4, 0.5) is 4.79 Å². The molecular weight excluding hydrogens is 590 g/mol. The predicted octanol–water partition coefficient (Wildman–Crippen LogP) is 2.38. The van der Waals surface area contributed by atoms with Gasteiger partial charge >= 0.3 is 12.1 Å². The maximum atomic E-state index is 13.5. The molecule has 0 saturated carbocycles. The predicted molar refractivity (Wildman–Crippen MR) is 158 cm³/mol. The highest BCUT2D eigenvalue weighted by Gasteiger charge is 2.31. The molecule has 0 radical (unpaired) electrons. The summed E-state index contributed by atoms with van der Waals surface area (Å²) in [5.74, 6) is -2.85. The molecule has 3 amide bonds. The molecule has 1 unspecified atom stereocenters. The summed E-state index contributed by atoms with van der Waals surface area (Å²) in [6, 6.07) is 16.6. The van der Waals surface area contributed by atoms with Crippen LogP contribution in [0.2, 0.25) is 0 Å². The van der Waals surface area contributed by atoms with Crippen LogP contribution in [0.1, 0.15) is 35.9 Å². The van der Waals surface area contributed by atoms with E-state index < -0.39 is 45.5 Å². The number of piperazine rings is 1. The summed E-state index contributed by atoms with van der Waals surface area (Å²) in [5.41, 5.74) is 0.423. The number of carboxylic acids is 1. The lowest BCUT2D eigenvalue weighted by molar-refractivity contribution is -0.138. The average molecular weight is 624 g/mol. The molecule has 232 valence electrons. The van der Waals surface area contributed by atoms with Crippen molar-refractivity contribution in [3.05, 3.63) is 78.1 Å². The molecule has 3 aromatic rings. The summed E-state index contributed by atoms with van der Waals surface area (Å²) in [7, 11) is -3.82. The number of rotatable bonds is 11. The smallest absolute Gasteiger partial charge is 0.409 e. The third-order valence-corrected chi connectivity index (χ3v) is 8.52. The Morgan fingerprint density at radius 1 is 0.932 bits per heavy atom. The zero-order valence-electron chi connectivity index (χ0n) is 24.1. The molecule has 2 aromatic carbocycles. The first kappa shape index (κ1) is 32.1. The number of aromatic nitrogens is 2. The lowest BCUT2D eigenvalue weighted by Gasteiger charge is -2.35. The minimum atomic E-state index is -3.82. The Balaban J connectivity index is 1.59. The number of benzene rings is 2. The van der Waals surface area contributed by atoms with Crippen molar-refractivity contribution in [2.24, 2.45) is 0 Å². The maximum absolute atomic E-state index is 13.5. The van der Waals surface area contributed by atoms with E-state index in [0.717, 1.165) is 0 Å². The number of nitrogens with one attached hydrogen (secondary N) is 1. The van der Waals surface area contributed by atoms with Gasteiger partial charge in [-0.3, -0.25) is 14.4 Å². The Morgan fingerprint density at radius 3 is 2.16 bits per heavy atom. The molecule has 0 spiro atoms. The highest BCUT2D eigenvalue weighted by molar-refractivity contribution is 7.90. The van der Waals surface area contributed by atoms with Gasteiger partial charge in [-0.05, 0) is 31.5 Å². The summed E-state index contributed by atoms with van der Waals surface area (Å²) in [4.78, 5) is 62.2. The first-order valence-corrected chi connectivity index (χ1v) is 15.7. The van der Waals surface area contributed by atoms with Gasteiger partial charge in [-0.1, -0.05) is 48.5 Å². The fourth-order valence-corrected chi connectivity index (χ4v) is 5.89. The molecule has 0 bridgehead atoms. The first-order chi connectivity index (χ1) is 21.1. The monoisotopic (exact) mass is 623 g/mol. The largest absolute Gasteiger partial charge is 0.481 e. The van der Waals surface area contributed by atoms with Crippen molar-refractivity contribution in [2.45, 2.75) is 36.5 Å². The normalized spacial score (nSPS) is 14.0. The van der Waals surface area contributed by atoms with Crippen LogP contribution >= 0.6 is 0 Å². The van der Waals surface area contributed by atoms with E-state index in [-0.39, 0.29) is 67.7 Å². The second-order valence-corrected chi connectivity index (χ2v) is 12.0. The van der Waals surface area contributed by atoms with Crippen LogP contribution < -0.4 is 5.32 Å². The van der Waals surface area contributed by atoms with Gasteiger partial charge in [-0.25, -0.2) is 23.2 Å². The van der Waals surface area contributed by atoms with Gasteiger partial charge in [0.25, 0.3) is 5.91 Å². The summed E-state index contributed by atoms with van der Waals surface area (Å²) >= 11 is 0. The molecular formula is C30H33N5O8S. The third-order valence-electron chi connectivity index (χ3n) is 6.85. The Morgan fingerprint density at radius 2 is 1.55 bits per heavy atom. The average Bonchev–Trinajstić information content (AvgIpc) is 3.03. The van der Waals surface area contributed by atoms with Gasteiger partial charge < -0.3 is 25.0 Å². The summed E-state index contributed by atoms with van der Waals surface area (Å²) in [6.07, 6.45) is -1.07. The van der Waals surface area contributed by atoms with Crippen molar-refractivity contribution in [3.8, 4) is 11.4 Å². The van der Waals surface area contributed by atoms with E-state index in [2.05, 4.69) is 15.3 Å². The van der Waals surface area contributed by atoms with Crippen molar-refractivity contribution in [1.29, 1.82) is 0 Å². The number of amides is 3. The molecule has 1 fully saturated rings. The van der Waals surface area contributed by atoms with Crippen LogP contribution in [0.5, 0.6) is 0 Å². The van der Waals surface area contributed by atoms with E-state index in [9.17, 15) is 32.7 Å². The van der Waals surface area contributed by atoms with Crippen LogP contribution in [-0.2, 0) is 29.9 Å². The Labute approximate surface area is 254 Å². The Hall–Kier alpha value is -4.85. The zero-order valence-corrected chi connectivity index (χ0v) is 24.9. The van der Waals surface area contributed by atoms with E-state index in [1.54, 1.807) is 55.5 Å². The number of aliphatic carboxylic acids is 1. The first-order valence-electron chi connectivity index (χ1n) is 14.0. The number of carbonyl (C=O) groups excluding carboxylic acids is 3. The fraction of sp³-hybridized carbons (Fsp3) is 0.333. The van der Waals surface area contributed by atoms with Gasteiger partial charge in [-0.2, -0.15) is 0 Å². The van der Waals surface area contributed by atoms with Crippen LogP contribution in [0.3, 0.4) is 0 Å². The van der Waals surface area contributed by atoms with Crippen molar-refractivity contribution in [1.82, 2.24) is 25.1 Å². The number of ether oxygens (including phenoxy) is 1. The summed E-state index contributed by atoms with van der Waals surface area (Å²) in [5, 5.41) is 11.9. The molecule has 4 rings (SSSR count). The molecule has 14 heteroatoms. The SMILES string of the molecule is CCOC(=O)N1CCN(C(=O)C(CCC(=O)O)NC(=O)c2cc(CS(=O)(=O)c3ccccc3)nc(-c3ccccc3)n2)CC1. The van der Waals surface area contributed by atoms with Gasteiger partial charge in [-0.15, -0.1) is 0 Å². The second kappa shape index (κ2) is 14.6. The second-order valence-electron chi connectivity index (χ2n) is 9.98. The number of carbonyl (C=O) groups is 4. The standard InChI is InChI=1S/C30H33N5O8S/c1-2-43-30(40)35-17-15-34(16-18-35)29(39)24(13-14-26(36)37)33-28(38)25-19-22(20-44(41,42)23-11-7-4-8-12-23)31-27(32-25)21-9-5-3-6-10-21/h3-12,19,24H,2,13-18,20H2,1H3,(H,33,38)(H,36,37). The van der Waals surface area contributed by atoms with Gasteiger partial charge in [0.15, 0.2) is 15.7 Å². The lowest BCUT2D eigenvalue weighted by atomic mass is 10.1. The van der Waals surface area contributed by atoms with E-state index >= 15 is 0 Å². The molecule has 1 aliphatic rings. The molecule has 13 nitrogen and oxygen atoms in total. The molecule has 2 heterocycles. The topological polar surface area (TPSA) is 176 Å². The highest BCUT2D eigenvalue weighted by atomic mass is 32.2. The lowest BCUT2D eigenvalue weighted by Crippen LogP contribution is -2.56. The number of sulfone groups is 1. The molecule has 0 aliphatic carbocycles. The highest BCUT2D eigenvalue weighted by Crippen LogP contribution is 2.20. The van der Waals surface area contributed by atoms with E-state index in [1.807, 2.05) is 0 Å². The molecule has 1 aromatic heterocycles. The third kappa shape index (κ3) is 8.37. The number of carboxylic acid groups (broad SMARTS) is 1. The van der Waals surface area contributed by atoms with E-state index in [1.165, 1.54) is 28.0 Å². The molecule has 1 aliphatic heterocycles. The molecule has 1 atom stereocenters. The molecule has 2 N–H and O–H groups in total. The summed E-state index contributed by atoms with van der Waals surface area (Å²) < 4.78 is 31.3. The minimum absolute atomic E-state index is 0.0661. The molecule has 1 saturated heterocycles. The van der Waals surface area contributed by atoms with Gasteiger partial charge in [0.2, 0.25) is 5.91 Å². The quantitative estimate of drug-likeness (QED) is 0.322. The van der Waals surface area contributed by atoms with E-state index in [0.29, 0.717) is 5.56 Å². The van der Waals surface area contributed by atoms with Crippen LogP contribution in [0.25, 0.3) is 11.4 Å². The Kier molecular flexibility index (Phi) is 10.6. The van der Waals surface area contributed by atoms with E-state index in [4.69, 9.17) is 4.74 Å². The zero-order chi connectivity index (χ0) is 31.7. The van der Waals surface area contributed by atoms with Crippen molar-refractivity contribution >= 4 is 33.7 Å². The number of hydrogen-bond acceptors (Lipinski definition) is 9. The van der Waals surface area contributed by atoms with Gasteiger partial charge in [0.1, 0.15) is 11.7 Å². The summed E-state index contributed by atoms with van der Waals surface area (Å²) in [6.45, 7) is 2.69. The fourth-order valence-electron chi connectivity index (χ4n) is 4.61. The van der Waals surface area contributed by atoms with Gasteiger partial charge in [0.05, 0.1) is 22.9 Å². The maximum Gasteiger partial charge on any atom is 0.409 e.